The maximum Gasteiger partial charge on any atom is 0.456 e. The van der Waals surface area contributed by atoms with Gasteiger partial charge in [0.2, 0.25) is 0 Å². The van der Waals surface area contributed by atoms with E-state index < -0.39 is 41.4 Å². The van der Waals surface area contributed by atoms with Crippen LogP contribution in [0.4, 0.5) is 22.0 Å². The van der Waals surface area contributed by atoms with Gasteiger partial charge in [0.1, 0.15) is 12.2 Å². The molecule has 228 valence electrons. The Morgan fingerprint density at radius 3 is 2.42 bits per heavy atom. The van der Waals surface area contributed by atoms with Crippen LogP contribution in [-0.2, 0) is 16.2 Å². The van der Waals surface area contributed by atoms with Gasteiger partial charge in [-0.15, -0.1) is 0 Å². The van der Waals surface area contributed by atoms with Crippen LogP contribution in [0.1, 0.15) is 74.5 Å². The van der Waals surface area contributed by atoms with Crippen molar-refractivity contribution in [3.05, 3.63) is 94.1 Å². The summed E-state index contributed by atoms with van der Waals surface area (Å²) < 4.78 is 71.6. The summed E-state index contributed by atoms with van der Waals surface area (Å²) in [6, 6.07) is 16.9. The topological polar surface area (TPSA) is 58.9 Å². The van der Waals surface area contributed by atoms with Gasteiger partial charge >= 0.3 is 12.1 Å². The highest BCUT2D eigenvalue weighted by atomic mass is 19.4. The molecule has 0 aromatic heterocycles. The van der Waals surface area contributed by atoms with Gasteiger partial charge in [-0.1, -0.05) is 72.2 Å². The number of fused-ring (bicyclic) bond motifs is 4. The summed E-state index contributed by atoms with van der Waals surface area (Å²) in [5.74, 6) is -6.47. The predicted octanol–water partition coefficient (Wildman–Crippen LogP) is 8.07. The number of rotatable bonds is 6. The fraction of sp³-hybridized carbons (Fsp3) is 0.471. The van der Waals surface area contributed by atoms with Gasteiger partial charge in [-0.3, -0.25) is 4.79 Å². The molecule has 2 unspecified atom stereocenters. The maximum absolute atomic E-state index is 15.2. The molecule has 0 radical (unpaired) electrons. The lowest BCUT2D eigenvalue weighted by atomic mass is 9.50. The maximum atomic E-state index is 15.2. The number of carbonyl (C=O) groups is 1. The summed E-state index contributed by atoms with van der Waals surface area (Å²) in [5.41, 5.74) is 0.610. The fourth-order valence-corrected chi connectivity index (χ4v) is 8.31. The molecule has 4 aliphatic carbocycles. The van der Waals surface area contributed by atoms with Crippen molar-refractivity contribution in [3.8, 4) is 0 Å². The van der Waals surface area contributed by atoms with Gasteiger partial charge in [-0.25, -0.2) is 0 Å². The number of nitrogens with zero attached hydrogens (tertiary/aromatic N) is 1. The molecule has 0 saturated heterocycles. The molecule has 9 heteroatoms. The van der Waals surface area contributed by atoms with Crippen LogP contribution in [0.3, 0.4) is 0 Å². The summed E-state index contributed by atoms with van der Waals surface area (Å²) >= 11 is 0. The first kappa shape index (κ1) is 29.7. The molecule has 0 aliphatic heterocycles. The van der Waals surface area contributed by atoms with Gasteiger partial charge < -0.3 is 9.94 Å². The molecule has 4 nitrogen and oxygen atoms in total. The van der Waals surface area contributed by atoms with Crippen LogP contribution in [0, 0.1) is 17.3 Å². The van der Waals surface area contributed by atoms with Crippen molar-refractivity contribution in [2.24, 2.45) is 22.4 Å². The third-order valence-electron chi connectivity index (χ3n) is 10.5. The standard InChI is InChI=1S/C34H34F5NO3/c1-31-18-28(23-9-7-21(8-10-23)19-40-43-20-22-5-3-2-4-6-22)30-26-14-12-25(41)17-24(26)11-13-27(30)29(31)15-16-32(31,42)33(35,36)34(37,38)39/h2-10,17,19,27-29,42H,11-16,18,20H2,1H3/b40-19+/t27?,28-,29?,31+,32+/m1/s1. The lowest BCUT2D eigenvalue weighted by molar-refractivity contribution is -0.362. The quantitative estimate of drug-likeness (QED) is 0.208. The molecule has 0 bridgehead atoms. The molecule has 43 heavy (non-hydrogen) atoms. The van der Waals surface area contributed by atoms with E-state index in [1.807, 2.05) is 54.6 Å². The molecule has 0 amide bonds. The first-order valence-electron chi connectivity index (χ1n) is 14.8. The van der Waals surface area contributed by atoms with Crippen molar-refractivity contribution < 1.29 is 36.7 Å². The predicted molar refractivity (Wildman–Crippen MR) is 151 cm³/mol. The number of hydrogen-bond acceptors (Lipinski definition) is 4. The minimum Gasteiger partial charge on any atom is -0.391 e. The number of carbonyl (C=O) groups excluding carboxylic acids is 1. The Hall–Kier alpha value is -3.33. The van der Waals surface area contributed by atoms with E-state index >= 15 is 8.78 Å². The zero-order valence-corrected chi connectivity index (χ0v) is 23.8. The van der Waals surface area contributed by atoms with E-state index in [0.717, 1.165) is 33.4 Å². The molecule has 2 aromatic carbocycles. The molecule has 0 heterocycles. The number of ketones is 1. The van der Waals surface area contributed by atoms with E-state index in [1.165, 1.54) is 6.92 Å². The van der Waals surface area contributed by atoms with E-state index in [0.29, 0.717) is 32.3 Å². The Morgan fingerprint density at radius 2 is 1.72 bits per heavy atom. The second kappa shape index (κ2) is 10.7. The van der Waals surface area contributed by atoms with Crippen molar-refractivity contribution in [2.45, 2.75) is 82.1 Å². The first-order chi connectivity index (χ1) is 20.4. The highest BCUT2D eigenvalue weighted by Crippen LogP contribution is 2.70. The van der Waals surface area contributed by atoms with Crippen LogP contribution in [0.2, 0.25) is 0 Å². The molecule has 2 saturated carbocycles. The number of halogens is 5. The molecule has 0 spiro atoms. The van der Waals surface area contributed by atoms with Crippen molar-refractivity contribution in [2.75, 3.05) is 0 Å². The molecular formula is C34H34F5NO3. The van der Waals surface area contributed by atoms with Crippen molar-refractivity contribution in [3.63, 3.8) is 0 Å². The SMILES string of the molecule is C[C@]12C[C@H](c3ccc(/C=N/OCc4ccccc4)cc3)C3=C4CCC(=O)C=C4CCC3C1CC[C@@]2(O)C(F)(F)C(F)(F)F. The second-order valence-corrected chi connectivity index (χ2v) is 12.6. The zero-order chi connectivity index (χ0) is 30.6. The van der Waals surface area contributed by atoms with Gasteiger partial charge in [0.05, 0.1) is 6.21 Å². The van der Waals surface area contributed by atoms with E-state index in [4.69, 9.17) is 4.84 Å². The van der Waals surface area contributed by atoms with Crippen molar-refractivity contribution in [1.29, 1.82) is 0 Å². The Morgan fingerprint density at radius 1 is 1.00 bits per heavy atom. The fourth-order valence-electron chi connectivity index (χ4n) is 8.31. The molecule has 2 aromatic rings. The smallest absolute Gasteiger partial charge is 0.391 e. The number of alkyl halides is 5. The van der Waals surface area contributed by atoms with E-state index in [-0.39, 0.29) is 24.5 Å². The Labute approximate surface area is 247 Å². The third-order valence-corrected chi connectivity index (χ3v) is 10.5. The van der Waals surface area contributed by atoms with Gasteiger partial charge in [0, 0.05) is 17.8 Å². The summed E-state index contributed by atoms with van der Waals surface area (Å²) in [4.78, 5) is 17.6. The Balaban J connectivity index is 1.35. The largest absolute Gasteiger partial charge is 0.456 e. The summed E-state index contributed by atoms with van der Waals surface area (Å²) in [6.45, 7) is 1.74. The number of aliphatic hydroxyl groups is 1. The lowest BCUT2D eigenvalue weighted by Gasteiger charge is -2.56. The highest BCUT2D eigenvalue weighted by Gasteiger charge is 2.79. The lowest BCUT2D eigenvalue weighted by Crippen LogP contribution is -2.65. The van der Waals surface area contributed by atoms with E-state index in [9.17, 15) is 23.1 Å². The van der Waals surface area contributed by atoms with Gasteiger partial charge in [0.25, 0.3) is 0 Å². The Bertz CT molecular complexity index is 1480. The summed E-state index contributed by atoms with van der Waals surface area (Å²) in [6.07, 6.45) is -1.23. The van der Waals surface area contributed by atoms with Crippen molar-refractivity contribution >= 4 is 12.0 Å². The number of allylic oxidation sites excluding steroid dienone is 4. The first-order valence-corrected chi connectivity index (χ1v) is 14.8. The molecule has 6 rings (SSSR count). The van der Waals surface area contributed by atoms with Crippen LogP contribution in [0.15, 0.2) is 82.5 Å². The monoisotopic (exact) mass is 599 g/mol. The zero-order valence-electron chi connectivity index (χ0n) is 23.8. The summed E-state index contributed by atoms with van der Waals surface area (Å²) in [7, 11) is 0. The van der Waals surface area contributed by atoms with Gasteiger partial charge in [-0.2, -0.15) is 22.0 Å². The van der Waals surface area contributed by atoms with Crippen LogP contribution >= 0.6 is 0 Å². The number of benzene rings is 2. The average molecular weight is 600 g/mol. The molecule has 5 atom stereocenters. The van der Waals surface area contributed by atoms with E-state index in [1.54, 1.807) is 12.3 Å². The Kier molecular flexibility index (Phi) is 7.39. The molecular weight excluding hydrogens is 565 g/mol. The van der Waals surface area contributed by atoms with Crippen molar-refractivity contribution in [1.82, 2.24) is 0 Å². The van der Waals surface area contributed by atoms with Crippen LogP contribution in [0.25, 0.3) is 0 Å². The number of hydrogen-bond donors (Lipinski definition) is 1. The normalized spacial score (nSPS) is 31.0. The number of oxime groups is 1. The molecule has 4 aliphatic rings. The highest BCUT2D eigenvalue weighted by molar-refractivity contribution is 5.93. The van der Waals surface area contributed by atoms with Gasteiger partial charge in [-0.05, 0) is 84.3 Å². The van der Waals surface area contributed by atoms with Crippen LogP contribution in [0.5, 0.6) is 0 Å². The van der Waals surface area contributed by atoms with E-state index in [2.05, 4.69) is 5.16 Å². The summed E-state index contributed by atoms with van der Waals surface area (Å²) in [5, 5.41) is 15.4. The average Bonchev–Trinajstić information content (AvgIpc) is 3.26. The van der Waals surface area contributed by atoms with Gasteiger partial charge in [0.15, 0.2) is 5.78 Å². The minimum absolute atomic E-state index is 0.0492. The molecule has 2 fully saturated rings. The third kappa shape index (κ3) is 4.84. The molecule has 1 N–H and O–H groups in total. The minimum atomic E-state index is -5.87. The van der Waals surface area contributed by atoms with Crippen LogP contribution < -0.4 is 0 Å². The van der Waals surface area contributed by atoms with Crippen LogP contribution in [-0.4, -0.2) is 34.8 Å². The second-order valence-electron chi connectivity index (χ2n) is 12.6.